The van der Waals surface area contributed by atoms with Gasteiger partial charge in [0.15, 0.2) is 0 Å². The summed E-state index contributed by atoms with van der Waals surface area (Å²) in [6.07, 6.45) is 48.3. The SMILES string of the molecule is CCCCCCCC/C=C\CCCCCCCCOC(CO)C(CCCN(C)C)OCCCCCCCC/C=C\CCCCCCCC. The summed E-state index contributed by atoms with van der Waals surface area (Å²) in [5.74, 6) is 0. The molecule has 0 aliphatic heterocycles. The van der Waals surface area contributed by atoms with Crippen molar-refractivity contribution in [1.82, 2.24) is 4.90 Å². The summed E-state index contributed by atoms with van der Waals surface area (Å²) in [5.41, 5.74) is 0. The zero-order valence-electron chi connectivity index (χ0n) is 33.2. The van der Waals surface area contributed by atoms with Crippen molar-refractivity contribution in [3.63, 3.8) is 0 Å². The van der Waals surface area contributed by atoms with Crippen molar-refractivity contribution in [2.45, 2.75) is 219 Å². The Labute approximate surface area is 302 Å². The van der Waals surface area contributed by atoms with Crippen LogP contribution in [0.25, 0.3) is 0 Å². The van der Waals surface area contributed by atoms with Crippen molar-refractivity contribution in [3.8, 4) is 0 Å². The third-order valence-electron chi connectivity index (χ3n) is 9.66. The molecule has 0 amide bonds. The fourth-order valence-corrected chi connectivity index (χ4v) is 6.43. The van der Waals surface area contributed by atoms with E-state index in [2.05, 4.69) is 57.1 Å². The van der Waals surface area contributed by atoms with Crippen LogP contribution in [0.1, 0.15) is 206 Å². The number of allylic oxidation sites excluding steroid dienone is 4. The number of ether oxygens (including phenoxy) is 2. The summed E-state index contributed by atoms with van der Waals surface area (Å²) in [6.45, 7) is 7.17. The molecule has 286 valence electrons. The highest BCUT2D eigenvalue weighted by Gasteiger charge is 2.22. The molecule has 0 aliphatic carbocycles. The van der Waals surface area contributed by atoms with Crippen LogP contribution in [-0.4, -0.2) is 62.7 Å². The number of unbranched alkanes of at least 4 members (excludes halogenated alkanes) is 24. The lowest BCUT2D eigenvalue weighted by atomic mass is 10.1. The molecule has 1 N–H and O–H groups in total. The molecule has 48 heavy (non-hydrogen) atoms. The van der Waals surface area contributed by atoms with Gasteiger partial charge in [0.1, 0.15) is 6.10 Å². The smallest absolute Gasteiger partial charge is 0.107 e. The van der Waals surface area contributed by atoms with E-state index < -0.39 is 0 Å². The first-order valence-corrected chi connectivity index (χ1v) is 21.4. The predicted octanol–water partition coefficient (Wildman–Crippen LogP) is 13.2. The van der Waals surface area contributed by atoms with E-state index in [1.54, 1.807) is 0 Å². The quantitative estimate of drug-likeness (QED) is 0.0518. The minimum atomic E-state index is -0.204. The minimum Gasteiger partial charge on any atom is -0.394 e. The maximum atomic E-state index is 10.2. The number of aliphatic hydroxyl groups excluding tert-OH is 1. The Balaban J connectivity index is 3.92. The van der Waals surface area contributed by atoms with Gasteiger partial charge in [0, 0.05) is 13.2 Å². The van der Waals surface area contributed by atoms with Crippen molar-refractivity contribution in [2.24, 2.45) is 0 Å². The molecule has 0 aromatic rings. The van der Waals surface area contributed by atoms with Crippen LogP contribution in [0.4, 0.5) is 0 Å². The zero-order valence-corrected chi connectivity index (χ0v) is 33.2. The Morgan fingerprint density at radius 2 is 0.771 bits per heavy atom. The van der Waals surface area contributed by atoms with Gasteiger partial charge in [-0.25, -0.2) is 0 Å². The fraction of sp³-hybridized carbons (Fsp3) is 0.909. The molecule has 4 heteroatoms. The summed E-state index contributed by atoms with van der Waals surface area (Å²) in [7, 11) is 4.24. The second-order valence-electron chi connectivity index (χ2n) is 14.8. The largest absolute Gasteiger partial charge is 0.394 e. The van der Waals surface area contributed by atoms with E-state index in [-0.39, 0.29) is 18.8 Å². The molecule has 0 saturated carbocycles. The van der Waals surface area contributed by atoms with Gasteiger partial charge in [0.05, 0.1) is 12.7 Å². The van der Waals surface area contributed by atoms with Crippen molar-refractivity contribution in [3.05, 3.63) is 24.3 Å². The summed E-state index contributed by atoms with van der Waals surface area (Å²) < 4.78 is 12.6. The molecule has 0 aromatic heterocycles. The lowest BCUT2D eigenvalue weighted by Crippen LogP contribution is -2.36. The van der Waals surface area contributed by atoms with Gasteiger partial charge < -0.3 is 19.5 Å². The van der Waals surface area contributed by atoms with Crippen molar-refractivity contribution >= 4 is 0 Å². The molecular formula is C44H87NO3. The summed E-state index contributed by atoms with van der Waals surface area (Å²) in [5, 5.41) is 10.2. The van der Waals surface area contributed by atoms with E-state index in [9.17, 15) is 5.11 Å². The van der Waals surface area contributed by atoms with E-state index in [0.717, 1.165) is 45.4 Å². The number of rotatable bonds is 40. The van der Waals surface area contributed by atoms with E-state index in [0.29, 0.717) is 0 Å². The third kappa shape index (κ3) is 36.6. The molecular weight excluding hydrogens is 590 g/mol. The maximum Gasteiger partial charge on any atom is 0.107 e. The summed E-state index contributed by atoms with van der Waals surface area (Å²) in [6, 6.07) is 0. The number of aliphatic hydroxyl groups is 1. The molecule has 0 saturated heterocycles. The van der Waals surface area contributed by atoms with Crippen LogP contribution >= 0.6 is 0 Å². The molecule has 0 spiro atoms. The van der Waals surface area contributed by atoms with Gasteiger partial charge in [-0.15, -0.1) is 0 Å². The van der Waals surface area contributed by atoms with Gasteiger partial charge in [-0.05, 0) is 97.7 Å². The van der Waals surface area contributed by atoms with Crippen molar-refractivity contribution < 1.29 is 14.6 Å². The summed E-state index contributed by atoms with van der Waals surface area (Å²) >= 11 is 0. The first kappa shape index (κ1) is 47.3. The van der Waals surface area contributed by atoms with Crippen LogP contribution in [-0.2, 0) is 9.47 Å². The monoisotopic (exact) mass is 678 g/mol. The van der Waals surface area contributed by atoms with Crippen LogP contribution in [0.2, 0.25) is 0 Å². The van der Waals surface area contributed by atoms with Gasteiger partial charge in [-0.1, -0.05) is 154 Å². The van der Waals surface area contributed by atoms with Crippen molar-refractivity contribution in [2.75, 3.05) is 40.5 Å². The average Bonchev–Trinajstić information content (AvgIpc) is 3.08. The third-order valence-corrected chi connectivity index (χ3v) is 9.66. The molecule has 0 fully saturated rings. The average molecular weight is 678 g/mol. The molecule has 0 radical (unpaired) electrons. The van der Waals surface area contributed by atoms with Crippen LogP contribution in [0, 0.1) is 0 Å². The van der Waals surface area contributed by atoms with Gasteiger partial charge in [0.25, 0.3) is 0 Å². The lowest BCUT2D eigenvalue weighted by Gasteiger charge is -2.27. The molecule has 0 bridgehead atoms. The topological polar surface area (TPSA) is 41.9 Å². The van der Waals surface area contributed by atoms with E-state index in [4.69, 9.17) is 9.47 Å². The van der Waals surface area contributed by atoms with E-state index >= 15 is 0 Å². The Bertz CT molecular complexity index is 649. The summed E-state index contributed by atoms with van der Waals surface area (Å²) in [4.78, 5) is 2.23. The molecule has 0 rings (SSSR count). The van der Waals surface area contributed by atoms with Gasteiger partial charge >= 0.3 is 0 Å². The Kier molecular flexibility index (Phi) is 40.2. The molecule has 0 aliphatic rings. The Hall–Kier alpha value is -0.680. The van der Waals surface area contributed by atoms with Gasteiger partial charge in [-0.2, -0.15) is 0 Å². The second kappa shape index (κ2) is 40.7. The maximum absolute atomic E-state index is 10.2. The standard InChI is InChI=1S/C44H87NO3/c1-5-7-9-11-13-15-17-19-21-23-25-27-29-31-33-35-40-47-43(38-37-39-45(3)4)44(42-46)48-41-36-34-32-30-28-26-24-22-20-18-16-14-12-10-8-6-2/h19-22,43-44,46H,5-18,23-42H2,1-4H3/b21-19-,22-20-. The van der Waals surface area contributed by atoms with E-state index in [1.165, 1.54) is 167 Å². The Morgan fingerprint density at radius 1 is 0.438 bits per heavy atom. The molecule has 2 unspecified atom stereocenters. The highest BCUT2D eigenvalue weighted by molar-refractivity contribution is 4.82. The van der Waals surface area contributed by atoms with E-state index in [1.807, 2.05) is 0 Å². The molecule has 2 atom stereocenters. The van der Waals surface area contributed by atoms with Crippen molar-refractivity contribution in [1.29, 1.82) is 0 Å². The lowest BCUT2D eigenvalue weighted by molar-refractivity contribution is -0.0972. The fourth-order valence-electron chi connectivity index (χ4n) is 6.43. The van der Waals surface area contributed by atoms with Crippen LogP contribution in [0.3, 0.4) is 0 Å². The van der Waals surface area contributed by atoms with Crippen LogP contribution < -0.4 is 0 Å². The molecule has 0 heterocycles. The van der Waals surface area contributed by atoms with Crippen LogP contribution in [0.15, 0.2) is 24.3 Å². The Morgan fingerprint density at radius 3 is 1.12 bits per heavy atom. The molecule has 0 aromatic carbocycles. The van der Waals surface area contributed by atoms with Gasteiger partial charge in [-0.3, -0.25) is 0 Å². The highest BCUT2D eigenvalue weighted by atomic mass is 16.5. The van der Waals surface area contributed by atoms with Crippen LogP contribution in [0.5, 0.6) is 0 Å². The predicted molar refractivity (Wildman–Crippen MR) is 213 cm³/mol. The number of hydrogen-bond donors (Lipinski definition) is 1. The normalized spacial score (nSPS) is 13.5. The first-order valence-electron chi connectivity index (χ1n) is 21.4. The molecule has 4 nitrogen and oxygen atoms in total. The first-order chi connectivity index (χ1) is 23.7. The number of hydrogen-bond acceptors (Lipinski definition) is 4. The second-order valence-corrected chi connectivity index (χ2v) is 14.8. The highest BCUT2D eigenvalue weighted by Crippen LogP contribution is 2.16. The minimum absolute atomic E-state index is 0.00723. The van der Waals surface area contributed by atoms with Gasteiger partial charge in [0.2, 0.25) is 0 Å². The zero-order chi connectivity index (χ0) is 35.0. The number of nitrogens with zero attached hydrogens (tertiary/aromatic N) is 1.